The average molecular weight is 423 g/mol. The van der Waals surface area contributed by atoms with E-state index in [0.717, 1.165) is 24.2 Å². The van der Waals surface area contributed by atoms with Gasteiger partial charge in [0.25, 0.3) is 15.6 Å². The first-order valence-corrected chi connectivity index (χ1v) is 11.5. The van der Waals surface area contributed by atoms with Gasteiger partial charge in [-0.1, -0.05) is 24.3 Å². The van der Waals surface area contributed by atoms with Gasteiger partial charge >= 0.3 is 0 Å². The zero-order chi connectivity index (χ0) is 20.9. The fourth-order valence-corrected chi connectivity index (χ4v) is 5.62. The lowest BCUT2D eigenvalue weighted by Gasteiger charge is -2.33. The van der Waals surface area contributed by atoms with Crippen LogP contribution >= 0.6 is 0 Å². The number of amidine groups is 1. The Morgan fingerprint density at radius 2 is 1.73 bits per heavy atom. The van der Waals surface area contributed by atoms with Crippen LogP contribution in [0.15, 0.2) is 62.6 Å². The van der Waals surface area contributed by atoms with E-state index in [2.05, 4.69) is 9.38 Å². The number of fused-ring (bicyclic) bond motifs is 2. The summed E-state index contributed by atoms with van der Waals surface area (Å²) in [7, 11) is -3.61. The van der Waals surface area contributed by atoms with E-state index in [1.807, 2.05) is 48.2 Å². The van der Waals surface area contributed by atoms with Gasteiger partial charge in [0.05, 0.1) is 10.9 Å². The lowest BCUT2D eigenvalue weighted by molar-refractivity contribution is 0.243. The standard InChI is InChI=1S/C22H22N4O3S/c1-15-23-19-8-4-2-6-17(19)22(27)26(15)14-16-10-12-25(13-11-16)21-18-7-3-5-9-20(18)30(28,29)24-21/h2-9,16H,10-14H2,1H3. The number of aromatic nitrogens is 2. The first-order valence-electron chi connectivity index (χ1n) is 10.1. The Hall–Kier alpha value is -3.00. The molecule has 0 bridgehead atoms. The van der Waals surface area contributed by atoms with E-state index in [1.54, 1.807) is 16.7 Å². The first kappa shape index (κ1) is 19.0. The molecule has 8 heteroatoms. The summed E-state index contributed by atoms with van der Waals surface area (Å²) in [5, 5.41) is 0.641. The molecule has 30 heavy (non-hydrogen) atoms. The van der Waals surface area contributed by atoms with Crippen molar-refractivity contribution < 1.29 is 8.42 Å². The molecule has 154 valence electrons. The Kier molecular flexibility index (Phi) is 4.47. The Bertz CT molecular complexity index is 1340. The molecule has 5 rings (SSSR count). The maximum atomic E-state index is 12.9. The van der Waals surface area contributed by atoms with Crippen LogP contribution in [0.2, 0.25) is 0 Å². The van der Waals surface area contributed by atoms with Crippen molar-refractivity contribution in [3.8, 4) is 0 Å². The van der Waals surface area contributed by atoms with Gasteiger partial charge in [-0.25, -0.2) is 4.98 Å². The zero-order valence-electron chi connectivity index (χ0n) is 16.7. The SMILES string of the molecule is Cc1nc2ccccc2c(=O)n1CC1CCN(C2=NS(=O)(=O)c3ccccc32)CC1. The summed E-state index contributed by atoms with van der Waals surface area (Å²) in [4.78, 5) is 19.9. The molecule has 1 aromatic heterocycles. The second kappa shape index (κ2) is 7.05. The number of likely N-dealkylation sites (tertiary alicyclic amines) is 1. The summed E-state index contributed by atoms with van der Waals surface area (Å²) in [6.07, 6.45) is 1.72. The first-order chi connectivity index (χ1) is 14.4. The number of aryl methyl sites for hydroxylation is 1. The minimum atomic E-state index is -3.61. The highest BCUT2D eigenvalue weighted by Gasteiger charge is 2.33. The van der Waals surface area contributed by atoms with E-state index in [9.17, 15) is 13.2 Å². The molecule has 0 N–H and O–H groups in total. The van der Waals surface area contributed by atoms with Crippen molar-refractivity contribution in [1.82, 2.24) is 14.5 Å². The molecule has 0 spiro atoms. The Morgan fingerprint density at radius 1 is 1.03 bits per heavy atom. The normalized spacial score (nSPS) is 18.4. The summed E-state index contributed by atoms with van der Waals surface area (Å²) >= 11 is 0. The number of para-hydroxylation sites is 1. The minimum Gasteiger partial charge on any atom is -0.355 e. The third-order valence-electron chi connectivity index (χ3n) is 6.02. The number of benzene rings is 2. The Morgan fingerprint density at radius 3 is 2.53 bits per heavy atom. The van der Waals surface area contributed by atoms with Crippen LogP contribution in [0, 0.1) is 12.8 Å². The maximum Gasteiger partial charge on any atom is 0.285 e. The van der Waals surface area contributed by atoms with Crippen LogP contribution in [0.25, 0.3) is 10.9 Å². The van der Waals surface area contributed by atoms with Crippen molar-refractivity contribution in [2.45, 2.75) is 31.2 Å². The van der Waals surface area contributed by atoms with E-state index in [1.165, 1.54) is 0 Å². The summed E-state index contributed by atoms with van der Waals surface area (Å²) < 4.78 is 30.5. The van der Waals surface area contributed by atoms with E-state index in [0.29, 0.717) is 42.3 Å². The van der Waals surface area contributed by atoms with Crippen molar-refractivity contribution in [1.29, 1.82) is 0 Å². The van der Waals surface area contributed by atoms with Crippen LogP contribution in [0.1, 0.15) is 24.2 Å². The second-order valence-electron chi connectivity index (χ2n) is 7.91. The number of piperidine rings is 1. The van der Waals surface area contributed by atoms with Crippen LogP contribution in [-0.2, 0) is 16.6 Å². The second-order valence-corrected chi connectivity index (χ2v) is 9.48. The fourth-order valence-electron chi connectivity index (χ4n) is 4.40. The van der Waals surface area contributed by atoms with Crippen LogP contribution < -0.4 is 5.56 Å². The molecule has 2 aromatic carbocycles. The van der Waals surface area contributed by atoms with Gasteiger partial charge in [0.15, 0.2) is 5.84 Å². The topological polar surface area (TPSA) is 84.6 Å². The smallest absolute Gasteiger partial charge is 0.285 e. The van der Waals surface area contributed by atoms with Gasteiger partial charge in [0.2, 0.25) is 0 Å². The highest BCUT2D eigenvalue weighted by Crippen LogP contribution is 2.30. The average Bonchev–Trinajstić information content (AvgIpc) is 3.03. The Balaban J connectivity index is 1.35. The molecule has 0 unspecified atom stereocenters. The molecule has 0 amide bonds. The third kappa shape index (κ3) is 3.11. The Labute approximate surface area is 174 Å². The summed E-state index contributed by atoms with van der Waals surface area (Å²) in [6, 6.07) is 14.4. The predicted molar refractivity (Wildman–Crippen MR) is 115 cm³/mol. The van der Waals surface area contributed by atoms with E-state index < -0.39 is 10.0 Å². The molecular formula is C22H22N4O3S. The molecule has 0 saturated carbocycles. The van der Waals surface area contributed by atoms with Gasteiger partial charge < -0.3 is 4.90 Å². The van der Waals surface area contributed by atoms with E-state index in [-0.39, 0.29) is 10.5 Å². The highest BCUT2D eigenvalue weighted by molar-refractivity contribution is 7.90. The molecule has 0 atom stereocenters. The zero-order valence-corrected chi connectivity index (χ0v) is 17.5. The largest absolute Gasteiger partial charge is 0.355 e. The van der Waals surface area contributed by atoms with E-state index in [4.69, 9.17) is 0 Å². The monoisotopic (exact) mass is 422 g/mol. The van der Waals surface area contributed by atoms with Gasteiger partial charge in [-0.2, -0.15) is 8.42 Å². The van der Waals surface area contributed by atoms with Gasteiger partial charge in [0.1, 0.15) is 10.7 Å². The molecule has 2 aliphatic heterocycles. The molecule has 1 fully saturated rings. The molecule has 3 aromatic rings. The van der Waals surface area contributed by atoms with Gasteiger partial charge in [-0.15, -0.1) is 4.40 Å². The minimum absolute atomic E-state index is 0.000665. The van der Waals surface area contributed by atoms with Crippen LogP contribution in [0.4, 0.5) is 0 Å². The van der Waals surface area contributed by atoms with Crippen molar-refractivity contribution in [3.63, 3.8) is 0 Å². The molecular weight excluding hydrogens is 400 g/mol. The van der Waals surface area contributed by atoms with Gasteiger partial charge in [-0.05, 0) is 49.9 Å². The van der Waals surface area contributed by atoms with Crippen molar-refractivity contribution in [2.75, 3.05) is 13.1 Å². The number of nitrogens with zero attached hydrogens (tertiary/aromatic N) is 4. The lowest BCUT2D eigenvalue weighted by Crippen LogP contribution is -2.40. The summed E-state index contributed by atoms with van der Waals surface area (Å²) in [5.74, 6) is 1.60. The predicted octanol–water partition coefficient (Wildman–Crippen LogP) is 2.57. The molecule has 7 nitrogen and oxygen atoms in total. The quantitative estimate of drug-likeness (QED) is 0.634. The van der Waals surface area contributed by atoms with Crippen molar-refractivity contribution >= 4 is 26.8 Å². The summed E-state index contributed by atoms with van der Waals surface area (Å²) in [5.41, 5.74) is 1.41. The molecule has 0 radical (unpaired) electrons. The summed E-state index contributed by atoms with van der Waals surface area (Å²) in [6.45, 7) is 3.92. The molecule has 0 aliphatic carbocycles. The van der Waals surface area contributed by atoms with Gasteiger partial charge in [0, 0.05) is 25.2 Å². The fraction of sp³-hybridized carbons (Fsp3) is 0.318. The molecule has 3 heterocycles. The van der Waals surface area contributed by atoms with Crippen LogP contribution in [0.3, 0.4) is 0 Å². The van der Waals surface area contributed by atoms with Gasteiger partial charge in [-0.3, -0.25) is 9.36 Å². The number of hydrogen-bond acceptors (Lipinski definition) is 5. The van der Waals surface area contributed by atoms with Crippen LogP contribution in [-0.4, -0.2) is 41.8 Å². The van der Waals surface area contributed by atoms with Crippen LogP contribution in [0.5, 0.6) is 0 Å². The lowest BCUT2D eigenvalue weighted by atomic mass is 9.96. The number of sulfonamides is 1. The number of rotatable bonds is 2. The van der Waals surface area contributed by atoms with Crippen molar-refractivity contribution in [3.05, 3.63) is 70.3 Å². The maximum absolute atomic E-state index is 12.9. The molecule has 1 saturated heterocycles. The van der Waals surface area contributed by atoms with E-state index >= 15 is 0 Å². The molecule has 2 aliphatic rings. The van der Waals surface area contributed by atoms with Crippen molar-refractivity contribution in [2.24, 2.45) is 10.3 Å². The third-order valence-corrected chi connectivity index (χ3v) is 7.34. The highest BCUT2D eigenvalue weighted by atomic mass is 32.2. The number of hydrogen-bond donors (Lipinski definition) is 0.